The van der Waals surface area contributed by atoms with E-state index in [4.69, 9.17) is 11.8 Å². The molecular formula is C10H14BrClN2O. The van der Waals surface area contributed by atoms with Crippen LogP contribution in [-0.2, 0) is 0 Å². The summed E-state index contributed by atoms with van der Waals surface area (Å²) in [5.41, 5.74) is 0. The molecule has 0 aromatic rings. The Labute approximate surface area is 103 Å². The average Bonchev–Trinajstić information content (AvgIpc) is 3.03. The molecule has 1 unspecified atom stereocenters. The van der Waals surface area contributed by atoms with Gasteiger partial charge in [-0.2, -0.15) is 0 Å². The molecule has 0 amide bonds. The molecule has 5 heteroatoms. The molecule has 3 aliphatic rings. The number of hydrogen-bond donors (Lipinski definition) is 1. The summed E-state index contributed by atoms with van der Waals surface area (Å²) in [5.74, 6) is 1.52. The lowest BCUT2D eigenvalue weighted by molar-refractivity contribution is -0.0426. The molecule has 2 saturated carbocycles. The first-order chi connectivity index (χ1) is 7.18. The number of halogens is 2. The van der Waals surface area contributed by atoms with Crippen LogP contribution in [-0.4, -0.2) is 26.8 Å². The minimum atomic E-state index is -0.702. The highest BCUT2D eigenvalue weighted by atomic mass is 79.9. The molecule has 1 heterocycles. The Kier molecular flexibility index (Phi) is 2.41. The van der Waals surface area contributed by atoms with Crippen LogP contribution >= 0.6 is 27.7 Å². The largest absolute Gasteiger partial charge is 0.355 e. The van der Waals surface area contributed by atoms with Crippen molar-refractivity contribution in [2.75, 3.05) is 0 Å². The quantitative estimate of drug-likeness (QED) is 0.639. The predicted octanol–water partition coefficient (Wildman–Crippen LogP) is 2.42. The molecular weight excluding hydrogens is 279 g/mol. The summed E-state index contributed by atoms with van der Waals surface area (Å²) in [6.45, 7) is 0. The van der Waals surface area contributed by atoms with Gasteiger partial charge in [0.2, 0.25) is 6.35 Å². The van der Waals surface area contributed by atoms with Crippen LogP contribution in [0.1, 0.15) is 25.7 Å². The molecule has 2 aliphatic carbocycles. The molecule has 1 atom stereocenters. The molecule has 3 nitrogen and oxygen atoms in total. The van der Waals surface area contributed by atoms with Gasteiger partial charge in [0.25, 0.3) is 0 Å². The SMILES string of the molecule is OC1N(Cl)C=C(Br)N1C(C1CC1)C1CC1. The van der Waals surface area contributed by atoms with Gasteiger partial charge in [0.05, 0.1) is 6.20 Å². The van der Waals surface area contributed by atoms with Crippen molar-refractivity contribution in [3.63, 3.8) is 0 Å². The van der Waals surface area contributed by atoms with Crippen LogP contribution in [0.5, 0.6) is 0 Å². The number of hydrogen-bond acceptors (Lipinski definition) is 3. The molecule has 0 bridgehead atoms. The molecule has 0 spiro atoms. The Balaban J connectivity index is 1.81. The van der Waals surface area contributed by atoms with Gasteiger partial charge < -0.3 is 10.0 Å². The monoisotopic (exact) mass is 292 g/mol. The van der Waals surface area contributed by atoms with Crippen molar-refractivity contribution in [1.29, 1.82) is 0 Å². The van der Waals surface area contributed by atoms with Crippen molar-refractivity contribution >= 4 is 27.7 Å². The Hall–Kier alpha value is 0.0700. The van der Waals surface area contributed by atoms with E-state index in [1.54, 1.807) is 6.20 Å². The van der Waals surface area contributed by atoms with Crippen molar-refractivity contribution in [3.05, 3.63) is 10.8 Å². The zero-order chi connectivity index (χ0) is 10.6. The molecule has 0 aromatic carbocycles. The van der Waals surface area contributed by atoms with Gasteiger partial charge in [0.15, 0.2) is 0 Å². The van der Waals surface area contributed by atoms with Gasteiger partial charge in [-0.05, 0) is 53.4 Å². The zero-order valence-electron chi connectivity index (χ0n) is 8.31. The van der Waals surface area contributed by atoms with Crippen molar-refractivity contribution in [2.24, 2.45) is 11.8 Å². The highest BCUT2D eigenvalue weighted by molar-refractivity contribution is 9.11. The van der Waals surface area contributed by atoms with E-state index in [9.17, 15) is 5.11 Å². The third kappa shape index (κ3) is 1.77. The molecule has 84 valence electrons. The lowest BCUT2D eigenvalue weighted by Crippen LogP contribution is -2.44. The Morgan fingerprint density at radius 1 is 1.33 bits per heavy atom. The first-order valence-electron chi connectivity index (χ1n) is 5.46. The lowest BCUT2D eigenvalue weighted by Gasteiger charge is -2.34. The summed E-state index contributed by atoms with van der Waals surface area (Å²) in [6, 6.07) is 0.481. The minimum absolute atomic E-state index is 0.481. The summed E-state index contributed by atoms with van der Waals surface area (Å²) in [6.07, 6.45) is 6.23. The highest BCUT2D eigenvalue weighted by Crippen LogP contribution is 2.50. The first-order valence-corrected chi connectivity index (χ1v) is 6.59. The normalized spacial score (nSPS) is 31.5. The third-order valence-corrected chi connectivity index (χ3v) is 4.36. The van der Waals surface area contributed by atoms with Crippen molar-refractivity contribution in [1.82, 2.24) is 9.32 Å². The second-order valence-corrected chi connectivity index (χ2v) is 5.92. The molecule has 1 aliphatic heterocycles. The van der Waals surface area contributed by atoms with Crippen LogP contribution in [0.3, 0.4) is 0 Å². The van der Waals surface area contributed by atoms with E-state index in [2.05, 4.69) is 15.9 Å². The van der Waals surface area contributed by atoms with Gasteiger partial charge in [-0.3, -0.25) is 0 Å². The maximum Gasteiger partial charge on any atom is 0.222 e. The Morgan fingerprint density at radius 3 is 2.20 bits per heavy atom. The predicted molar refractivity (Wildman–Crippen MR) is 61.8 cm³/mol. The molecule has 0 saturated heterocycles. The summed E-state index contributed by atoms with van der Waals surface area (Å²) < 4.78 is 2.25. The van der Waals surface area contributed by atoms with E-state index >= 15 is 0 Å². The molecule has 0 radical (unpaired) electrons. The standard InChI is InChI=1S/C10H14BrClN2O/c11-8-5-13(12)10(15)14(8)9(6-1-2-6)7-3-4-7/h5-7,9-10,15H,1-4H2. The molecule has 3 rings (SSSR count). The van der Waals surface area contributed by atoms with E-state index in [1.807, 2.05) is 4.90 Å². The first kappa shape index (κ1) is 10.2. The van der Waals surface area contributed by atoms with Gasteiger partial charge in [0.1, 0.15) is 4.61 Å². The smallest absolute Gasteiger partial charge is 0.222 e. The highest BCUT2D eigenvalue weighted by Gasteiger charge is 2.48. The summed E-state index contributed by atoms with van der Waals surface area (Å²) in [5, 5.41) is 9.99. The minimum Gasteiger partial charge on any atom is -0.355 e. The second kappa shape index (κ2) is 3.54. The van der Waals surface area contributed by atoms with Gasteiger partial charge in [-0.15, -0.1) is 0 Å². The van der Waals surface area contributed by atoms with E-state index in [-0.39, 0.29) is 0 Å². The van der Waals surface area contributed by atoms with E-state index in [0.29, 0.717) is 6.04 Å². The fourth-order valence-corrected chi connectivity index (χ4v) is 3.42. The van der Waals surface area contributed by atoms with Crippen LogP contribution in [0.15, 0.2) is 10.8 Å². The summed E-state index contributed by atoms with van der Waals surface area (Å²) >= 11 is 9.36. The van der Waals surface area contributed by atoms with Crippen LogP contribution in [0, 0.1) is 11.8 Å². The molecule has 15 heavy (non-hydrogen) atoms. The Bertz CT molecular complexity index is 292. The topological polar surface area (TPSA) is 26.7 Å². The maximum absolute atomic E-state index is 9.99. The fraction of sp³-hybridized carbons (Fsp3) is 0.800. The fourth-order valence-electron chi connectivity index (χ4n) is 2.48. The number of rotatable bonds is 3. The maximum atomic E-state index is 9.99. The van der Waals surface area contributed by atoms with E-state index in [1.165, 1.54) is 30.1 Å². The number of nitrogens with zero attached hydrogens (tertiary/aromatic N) is 2. The van der Waals surface area contributed by atoms with Gasteiger partial charge in [-0.25, -0.2) is 4.42 Å². The Morgan fingerprint density at radius 2 is 1.87 bits per heavy atom. The van der Waals surface area contributed by atoms with Gasteiger partial charge in [0, 0.05) is 17.8 Å². The zero-order valence-corrected chi connectivity index (χ0v) is 10.7. The summed E-state index contributed by atoms with van der Waals surface area (Å²) in [7, 11) is 0. The van der Waals surface area contributed by atoms with Crippen LogP contribution in [0.2, 0.25) is 0 Å². The molecule has 2 fully saturated rings. The summed E-state index contributed by atoms with van der Waals surface area (Å²) in [4.78, 5) is 2.03. The van der Waals surface area contributed by atoms with Crippen LogP contribution < -0.4 is 0 Å². The average molecular weight is 294 g/mol. The van der Waals surface area contributed by atoms with Gasteiger partial charge in [-0.1, -0.05) is 0 Å². The number of aliphatic hydroxyl groups is 1. The second-order valence-electron chi connectivity index (χ2n) is 4.72. The van der Waals surface area contributed by atoms with Crippen LogP contribution in [0.4, 0.5) is 0 Å². The van der Waals surface area contributed by atoms with Crippen molar-refractivity contribution in [2.45, 2.75) is 38.1 Å². The lowest BCUT2D eigenvalue weighted by atomic mass is 10.1. The van der Waals surface area contributed by atoms with Crippen molar-refractivity contribution in [3.8, 4) is 0 Å². The van der Waals surface area contributed by atoms with Crippen LogP contribution in [0.25, 0.3) is 0 Å². The number of aliphatic hydroxyl groups excluding tert-OH is 1. The molecule has 0 aromatic heterocycles. The third-order valence-electron chi connectivity index (χ3n) is 3.48. The van der Waals surface area contributed by atoms with E-state index < -0.39 is 6.35 Å². The van der Waals surface area contributed by atoms with E-state index in [0.717, 1.165) is 16.4 Å². The molecule has 1 N–H and O–H groups in total. The van der Waals surface area contributed by atoms with Crippen molar-refractivity contribution < 1.29 is 5.11 Å². The van der Waals surface area contributed by atoms with Gasteiger partial charge >= 0.3 is 0 Å².